The fourth-order valence-electron chi connectivity index (χ4n) is 3.42. The molecule has 0 spiro atoms. The average molecular weight is 584 g/mol. The molecule has 3 aromatic rings. The molecule has 0 unspecified atom stereocenters. The molecule has 5 N–H and O–H groups in total. The van der Waals surface area contributed by atoms with Crippen molar-refractivity contribution in [2.75, 3.05) is 44.5 Å². The van der Waals surface area contributed by atoms with Gasteiger partial charge in [-0.3, -0.25) is 4.79 Å². The molecule has 1 amide bonds. The second-order valence-electron chi connectivity index (χ2n) is 8.61. The lowest BCUT2D eigenvalue weighted by Crippen LogP contribution is -2.18. The van der Waals surface area contributed by atoms with Gasteiger partial charge < -0.3 is 39.7 Å². The SMILES string of the molecule is CN(C)C/C=C/C(=O)Nc1cc2c(Nc3ccc(F)c(Cl)c3)ncnc2cc1O[C@H]1CCOC1.O=P(O)(O)O. The summed E-state index contributed by atoms with van der Waals surface area (Å²) >= 11 is 5.91. The number of phosphoric acid groups is 1. The first kappa shape index (κ1) is 30.4. The van der Waals surface area contributed by atoms with Crippen molar-refractivity contribution in [2.24, 2.45) is 0 Å². The normalized spacial score (nSPS) is 15.3. The van der Waals surface area contributed by atoms with Crippen LogP contribution in [0.5, 0.6) is 5.75 Å². The zero-order valence-electron chi connectivity index (χ0n) is 21.0. The van der Waals surface area contributed by atoms with E-state index in [0.717, 1.165) is 6.42 Å². The molecule has 210 valence electrons. The first-order valence-electron chi connectivity index (χ1n) is 11.5. The number of carbonyl (C=O) groups excluding carboxylic acids is 1. The van der Waals surface area contributed by atoms with Gasteiger partial charge in [-0.05, 0) is 38.4 Å². The number of hydrogen-bond acceptors (Lipinski definition) is 8. The van der Waals surface area contributed by atoms with Crippen molar-refractivity contribution in [1.29, 1.82) is 0 Å². The van der Waals surface area contributed by atoms with E-state index in [4.69, 9.17) is 40.3 Å². The molecule has 1 atom stereocenters. The molecule has 0 radical (unpaired) electrons. The van der Waals surface area contributed by atoms with Gasteiger partial charge in [0.25, 0.3) is 0 Å². The number of anilines is 3. The van der Waals surface area contributed by atoms with Crippen LogP contribution in [0.4, 0.5) is 21.6 Å². The van der Waals surface area contributed by atoms with Crippen LogP contribution in [-0.4, -0.2) is 75.4 Å². The van der Waals surface area contributed by atoms with E-state index < -0.39 is 13.6 Å². The minimum absolute atomic E-state index is 0.00436. The Hall–Kier alpha value is -3.16. The molecule has 2 aromatic carbocycles. The maximum atomic E-state index is 13.6. The summed E-state index contributed by atoms with van der Waals surface area (Å²) in [6, 6.07) is 7.82. The molecule has 0 saturated carbocycles. The Balaban J connectivity index is 0.000000771. The summed E-state index contributed by atoms with van der Waals surface area (Å²) in [5.41, 5.74) is 1.65. The molecule has 12 nitrogen and oxygen atoms in total. The number of benzene rings is 2. The summed E-state index contributed by atoms with van der Waals surface area (Å²) in [4.78, 5) is 44.8. The molecular weight excluding hydrogens is 556 g/mol. The van der Waals surface area contributed by atoms with E-state index in [9.17, 15) is 9.18 Å². The van der Waals surface area contributed by atoms with Gasteiger partial charge in [-0.2, -0.15) is 0 Å². The quantitative estimate of drug-likeness (QED) is 0.195. The number of halogens is 2. The number of likely N-dealkylation sites (N-methyl/N-ethyl adjacent to an activating group) is 1. The number of nitrogens with zero attached hydrogens (tertiary/aromatic N) is 3. The largest absolute Gasteiger partial charge is 0.486 e. The molecule has 2 heterocycles. The van der Waals surface area contributed by atoms with Crippen molar-refractivity contribution in [3.8, 4) is 5.75 Å². The lowest BCUT2D eigenvalue weighted by Gasteiger charge is -2.17. The number of carbonyl (C=O) groups is 1. The molecule has 1 aliphatic heterocycles. The Bertz CT molecular complexity index is 1370. The lowest BCUT2D eigenvalue weighted by atomic mass is 10.1. The van der Waals surface area contributed by atoms with Crippen LogP contribution >= 0.6 is 19.4 Å². The van der Waals surface area contributed by atoms with Crippen LogP contribution in [0, 0.1) is 5.82 Å². The number of ether oxygens (including phenoxy) is 2. The number of fused-ring (bicyclic) bond motifs is 1. The van der Waals surface area contributed by atoms with Crippen LogP contribution < -0.4 is 15.4 Å². The van der Waals surface area contributed by atoms with Crippen LogP contribution in [0.2, 0.25) is 5.02 Å². The van der Waals surface area contributed by atoms with E-state index in [0.29, 0.717) is 53.6 Å². The number of rotatable bonds is 8. The second-order valence-corrected chi connectivity index (χ2v) is 10.0. The maximum absolute atomic E-state index is 13.6. The first-order valence-corrected chi connectivity index (χ1v) is 13.5. The topological polar surface area (TPSA) is 166 Å². The smallest absolute Gasteiger partial charge is 0.466 e. The third-order valence-corrected chi connectivity index (χ3v) is 5.39. The van der Waals surface area contributed by atoms with Gasteiger partial charge >= 0.3 is 7.82 Å². The highest BCUT2D eigenvalue weighted by Gasteiger charge is 2.21. The van der Waals surface area contributed by atoms with E-state index in [1.807, 2.05) is 19.0 Å². The predicted molar refractivity (Wildman–Crippen MR) is 145 cm³/mol. The summed E-state index contributed by atoms with van der Waals surface area (Å²) < 4.78 is 34.0. The van der Waals surface area contributed by atoms with Gasteiger partial charge in [-0.1, -0.05) is 17.7 Å². The van der Waals surface area contributed by atoms with Crippen molar-refractivity contribution in [2.45, 2.75) is 12.5 Å². The van der Waals surface area contributed by atoms with Crippen molar-refractivity contribution in [3.63, 3.8) is 0 Å². The van der Waals surface area contributed by atoms with Gasteiger partial charge in [0.15, 0.2) is 0 Å². The highest BCUT2D eigenvalue weighted by molar-refractivity contribution is 7.45. The Kier molecular flexibility index (Phi) is 10.7. The van der Waals surface area contributed by atoms with Crippen molar-refractivity contribution in [3.05, 3.63) is 59.7 Å². The first-order chi connectivity index (χ1) is 18.4. The maximum Gasteiger partial charge on any atom is 0.466 e. The van der Waals surface area contributed by atoms with Gasteiger partial charge in [-0.25, -0.2) is 18.9 Å². The third kappa shape index (κ3) is 10.2. The van der Waals surface area contributed by atoms with Crippen molar-refractivity contribution in [1.82, 2.24) is 14.9 Å². The van der Waals surface area contributed by atoms with Gasteiger partial charge in [0, 0.05) is 36.2 Å². The number of aromatic nitrogens is 2. The average Bonchev–Trinajstić information content (AvgIpc) is 3.34. The third-order valence-electron chi connectivity index (χ3n) is 5.10. The summed E-state index contributed by atoms with van der Waals surface area (Å²) in [6.45, 7) is 1.75. The van der Waals surface area contributed by atoms with E-state index in [1.54, 1.807) is 24.3 Å². The highest BCUT2D eigenvalue weighted by atomic mass is 35.5. The molecule has 39 heavy (non-hydrogen) atoms. The van der Waals surface area contributed by atoms with Crippen LogP contribution in [0.25, 0.3) is 10.9 Å². The standard InChI is InChI=1S/C24H25ClFN5O3.H3O4P/c1-31(2)8-3-4-23(32)30-21-11-17-20(12-22(21)34-16-7-9-33-13-16)27-14-28-24(17)29-15-5-6-19(26)18(25)10-15;1-5(2,3)4/h3-6,10-12,14,16H,7-9,13H2,1-2H3,(H,30,32)(H,27,28,29);(H3,1,2,3,4)/b4-3+;/t16-;/m0./s1. The van der Waals surface area contributed by atoms with Crippen molar-refractivity contribution >= 4 is 53.4 Å². The van der Waals surface area contributed by atoms with E-state index in [-0.39, 0.29) is 17.0 Å². The predicted octanol–water partition coefficient (Wildman–Crippen LogP) is 3.46. The summed E-state index contributed by atoms with van der Waals surface area (Å²) in [5.74, 6) is 0.170. The lowest BCUT2D eigenvalue weighted by molar-refractivity contribution is -0.111. The molecule has 15 heteroatoms. The zero-order chi connectivity index (χ0) is 28.6. The molecule has 0 bridgehead atoms. The Morgan fingerprint density at radius 2 is 2.03 bits per heavy atom. The molecule has 1 aliphatic rings. The fraction of sp³-hybridized carbons (Fsp3) is 0.292. The molecule has 1 saturated heterocycles. The molecule has 0 aliphatic carbocycles. The Morgan fingerprint density at radius 1 is 1.28 bits per heavy atom. The molecule has 1 fully saturated rings. The van der Waals surface area contributed by atoms with Gasteiger partial charge in [0.05, 0.1) is 29.4 Å². The second kappa shape index (κ2) is 13.8. The molecule has 4 rings (SSSR count). The van der Waals surface area contributed by atoms with Crippen LogP contribution in [0.1, 0.15) is 6.42 Å². The van der Waals surface area contributed by atoms with Gasteiger partial charge in [-0.15, -0.1) is 0 Å². The molecule has 1 aromatic heterocycles. The van der Waals surface area contributed by atoms with E-state index in [1.165, 1.54) is 24.5 Å². The van der Waals surface area contributed by atoms with Gasteiger partial charge in [0.2, 0.25) is 5.91 Å². The summed E-state index contributed by atoms with van der Waals surface area (Å²) in [7, 11) is -0.798. The molecular formula is C24H28ClFN5O7P. The fourth-order valence-corrected chi connectivity index (χ4v) is 3.60. The zero-order valence-corrected chi connectivity index (χ0v) is 22.7. The number of hydrogen-bond donors (Lipinski definition) is 5. The highest BCUT2D eigenvalue weighted by Crippen LogP contribution is 2.35. The van der Waals surface area contributed by atoms with Gasteiger partial charge in [0.1, 0.15) is 29.8 Å². The van der Waals surface area contributed by atoms with Crippen molar-refractivity contribution < 1.29 is 37.9 Å². The summed E-state index contributed by atoms with van der Waals surface area (Å²) in [5, 5.41) is 6.67. The Labute approximate surface area is 228 Å². The Morgan fingerprint density at radius 3 is 2.67 bits per heavy atom. The number of nitrogens with one attached hydrogen (secondary N) is 2. The van der Waals surface area contributed by atoms with E-state index >= 15 is 0 Å². The summed E-state index contributed by atoms with van der Waals surface area (Å²) in [6.07, 6.45) is 5.32. The van der Waals surface area contributed by atoms with Crippen LogP contribution in [0.3, 0.4) is 0 Å². The monoisotopic (exact) mass is 583 g/mol. The minimum Gasteiger partial charge on any atom is -0.486 e. The number of amides is 1. The van der Waals surface area contributed by atoms with Crippen LogP contribution in [0.15, 0.2) is 48.8 Å². The van der Waals surface area contributed by atoms with Crippen LogP contribution in [-0.2, 0) is 14.1 Å². The minimum atomic E-state index is -4.64. The van der Waals surface area contributed by atoms with E-state index in [2.05, 4.69) is 20.6 Å².